The number of benzene rings is 2. The summed E-state index contributed by atoms with van der Waals surface area (Å²) in [7, 11) is 1.64. The van der Waals surface area contributed by atoms with E-state index in [4.69, 9.17) is 16.3 Å². The lowest BCUT2D eigenvalue weighted by Crippen LogP contribution is -2.13. The molecule has 0 saturated carbocycles. The molecule has 19 heavy (non-hydrogen) atoms. The lowest BCUT2D eigenvalue weighted by molar-refractivity contribution is 0.175. The number of aliphatic hydroxyl groups is 1. The molecule has 0 saturated heterocycles. The Kier molecular flexibility index (Phi) is 4.83. The van der Waals surface area contributed by atoms with Crippen LogP contribution in [-0.2, 0) is 12.8 Å². The zero-order valence-electron chi connectivity index (χ0n) is 10.8. The van der Waals surface area contributed by atoms with Crippen LogP contribution in [0.25, 0.3) is 0 Å². The maximum Gasteiger partial charge on any atom is 0.118 e. The predicted octanol–water partition coefficient (Wildman–Crippen LogP) is 3.49. The van der Waals surface area contributed by atoms with Gasteiger partial charge in [-0.2, -0.15) is 0 Å². The highest BCUT2D eigenvalue weighted by molar-refractivity contribution is 6.30. The van der Waals surface area contributed by atoms with E-state index in [9.17, 15) is 5.11 Å². The molecular weight excluding hydrogens is 260 g/mol. The van der Waals surface area contributed by atoms with E-state index in [1.165, 1.54) is 0 Å². The number of hydrogen-bond acceptors (Lipinski definition) is 2. The maximum atomic E-state index is 10.1. The van der Waals surface area contributed by atoms with Crippen molar-refractivity contribution in [2.75, 3.05) is 7.11 Å². The van der Waals surface area contributed by atoms with Gasteiger partial charge in [0.15, 0.2) is 0 Å². The number of methoxy groups -OCH3 is 1. The fourth-order valence-corrected chi connectivity index (χ4v) is 2.12. The largest absolute Gasteiger partial charge is 0.497 e. The normalized spacial score (nSPS) is 12.2. The molecule has 1 atom stereocenters. The molecule has 1 N–H and O–H groups in total. The molecule has 1 unspecified atom stereocenters. The molecular formula is C16H17ClO2. The Hall–Kier alpha value is -1.51. The van der Waals surface area contributed by atoms with Crippen LogP contribution in [0, 0.1) is 0 Å². The summed E-state index contributed by atoms with van der Waals surface area (Å²) < 4.78 is 5.11. The molecule has 0 aliphatic carbocycles. The van der Waals surface area contributed by atoms with Crippen molar-refractivity contribution >= 4 is 11.6 Å². The Morgan fingerprint density at radius 2 is 1.42 bits per heavy atom. The smallest absolute Gasteiger partial charge is 0.118 e. The minimum Gasteiger partial charge on any atom is -0.497 e. The highest BCUT2D eigenvalue weighted by Gasteiger charge is 2.07. The molecule has 0 amide bonds. The SMILES string of the molecule is COc1ccc(CC(O)Cc2ccc(Cl)cc2)cc1. The summed E-state index contributed by atoms with van der Waals surface area (Å²) >= 11 is 5.83. The van der Waals surface area contributed by atoms with Gasteiger partial charge in [0, 0.05) is 5.02 Å². The molecule has 0 bridgehead atoms. The summed E-state index contributed by atoms with van der Waals surface area (Å²) in [5, 5.41) is 10.8. The summed E-state index contributed by atoms with van der Waals surface area (Å²) in [6.45, 7) is 0. The predicted molar refractivity (Wildman–Crippen MR) is 77.9 cm³/mol. The third-order valence-electron chi connectivity index (χ3n) is 3.01. The van der Waals surface area contributed by atoms with Crippen molar-refractivity contribution in [1.29, 1.82) is 0 Å². The van der Waals surface area contributed by atoms with Gasteiger partial charge >= 0.3 is 0 Å². The summed E-state index contributed by atoms with van der Waals surface area (Å²) in [5.74, 6) is 0.830. The molecule has 2 rings (SSSR count). The van der Waals surface area contributed by atoms with Crippen LogP contribution in [0.4, 0.5) is 0 Å². The molecule has 0 aliphatic rings. The van der Waals surface area contributed by atoms with Crippen molar-refractivity contribution in [3.63, 3.8) is 0 Å². The van der Waals surface area contributed by atoms with Crippen molar-refractivity contribution in [2.24, 2.45) is 0 Å². The van der Waals surface area contributed by atoms with Gasteiger partial charge in [-0.25, -0.2) is 0 Å². The first kappa shape index (κ1) is 13.9. The van der Waals surface area contributed by atoms with Gasteiger partial charge in [-0.15, -0.1) is 0 Å². The van der Waals surface area contributed by atoms with Crippen LogP contribution in [0.3, 0.4) is 0 Å². The van der Waals surface area contributed by atoms with E-state index >= 15 is 0 Å². The standard InChI is InChI=1S/C16H17ClO2/c1-19-16-8-4-13(5-9-16)11-15(18)10-12-2-6-14(17)7-3-12/h2-9,15,18H,10-11H2,1H3. The molecule has 3 heteroatoms. The maximum absolute atomic E-state index is 10.1. The first-order valence-corrected chi connectivity index (χ1v) is 6.60. The minimum absolute atomic E-state index is 0.394. The molecule has 100 valence electrons. The molecule has 2 aromatic rings. The Balaban J connectivity index is 1.92. The van der Waals surface area contributed by atoms with Crippen LogP contribution < -0.4 is 4.74 Å². The van der Waals surface area contributed by atoms with Gasteiger partial charge in [0.05, 0.1) is 13.2 Å². The lowest BCUT2D eigenvalue weighted by Gasteiger charge is -2.11. The second-order valence-electron chi connectivity index (χ2n) is 4.54. The summed E-state index contributed by atoms with van der Waals surface area (Å²) in [6, 6.07) is 15.3. The molecule has 2 aromatic carbocycles. The Bertz CT molecular complexity index is 505. The Labute approximate surface area is 118 Å². The minimum atomic E-state index is -0.394. The van der Waals surface area contributed by atoms with Crippen molar-refractivity contribution in [2.45, 2.75) is 18.9 Å². The molecule has 0 fully saturated rings. The average Bonchev–Trinajstić information content (AvgIpc) is 2.42. The fraction of sp³-hybridized carbons (Fsp3) is 0.250. The van der Waals surface area contributed by atoms with Gasteiger partial charge in [0.1, 0.15) is 5.75 Å². The van der Waals surface area contributed by atoms with Crippen LogP contribution in [0.5, 0.6) is 5.75 Å². The highest BCUT2D eigenvalue weighted by Crippen LogP contribution is 2.15. The summed E-state index contributed by atoms with van der Waals surface area (Å²) in [4.78, 5) is 0. The van der Waals surface area contributed by atoms with Gasteiger partial charge < -0.3 is 9.84 Å². The molecule has 0 radical (unpaired) electrons. The van der Waals surface area contributed by atoms with Gasteiger partial charge in [-0.1, -0.05) is 35.9 Å². The van der Waals surface area contributed by atoms with Crippen LogP contribution in [0.15, 0.2) is 48.5 Å². The Morgan fingerprint density at radius 3 is 1.89 bits per heavy atom. The second kappa shape index (κ2) is 6.60. The van der Waals surface area contributed by atoms with E-state index in [-0.39, 0.29) is 0 Å². The van der Waals surface area contributed by atoms with Crippen molar-refractivity contribution in [3.8, 4) is 5.75 Å². The Morgan fingerprint density at radius 1 is 0.947 bits per heavy atom. The lowest BCUT2D eigenvalue weighted by atomic mass is 10.0. The van der Waals surface area contributed by atoms with E-state index in [1.807, 2.05) is 48.5 Å². The molecule has 2 nitrogen and oxygen atoms in total. The number of ether oxygens (including phenoxy) is 1. The van der Waals surface area contributed by atoms with Crippen molar-refractivity contribution < 1.29 is 9.84 Å². The molecule has 0 heterocycles. The third kappa shape index (κ3) is 4.27. The number of aliphatic hydroxyl groups excluding tert-OH is 1. The van der Waals surface area contributed by atoms with Crippen molar-refractivity contribution in [3.05, 3.63) is 64.7 Å². The first-order valence-electron chi connectivity index (χ1n) is 6.23. The quantitative estimate of drug-likeness (QED) is 0.906. The average molecular weight is 277 g/mol. The van der Waals surface area contributed by atoms with E-state index in [2.05, 4.69) is 0 Å². The fourth-order valence-electron chi connectivity index (χ4n) is 2.00. The monoisotopic (exact) mass is 276 g/mol. The first-order chi connectivity index (χ1) is 9.17. The molecule has 0 aromatic heterocycles. The van der Waals surface area contributed by atoms with Crippen LogP contribution in [0.2, 0.25) is 5.02 Å². The highest BCUT2D eigenvalue weighted by atomic mass is 35.5. The van der Waals surface area contributed by atoms with Crippen LogP contribution in [0.1, 0.15) is 11.1 Å². The van der Waals surface area contributed by atoms with E-state index in [0.29, 0.717) is 17.9 Å². The summed E-state index contributed by atoms with van der Waals surface area (Å²) in [6.07, 6.45) is 0.866. The molecule has 0 aliphatic heterocycles. The van der Waals surface area contributed by atoms with Crippen LogP contribution in [-0.4, -0.2) is 18.3 Å². The third-order valence-corrected chi connectivity index (χ3v) is 3.27. The van der Waals surface area contributed by atoms with E-state index in [0.717, 1.165) is 16.9 Å². The molecule has 0 spiro atoms. The number of halogens is 1. The van der Waals surface area contributed by atoms with Gasteiger partial charge in [-0.05, 0) is 48.2 Å². The van der Waals surface area contributed by atoms with E-state index in [1.54, 1.807) is 7.11 Å². The number of rotatable bonds is 5. The van der Waals surface area contributed by atoms with Gasteiger partial charge in [0.25, 0.3) is 0 Å². The zero-order chi connectivity index (χ0) is 13.7. The topological polar surface area (TPSA) is 29.5 Å². The van der Waals surface area contributed by atoms with E-state index < -0.39 is 6.10 Å². The zero-order valence-corrected chi connectivity index (χ0v) is 11.6. The second-order valence-corrected chi connectivity index (χ2v) is 4.97. The van der Waals surface area contributed by atoms with Crippen molar-refractivity contribution in [1.82, 2.24) is 0 Å². The number of hydrogen-bond donors (Lipinski definition) is 1. The van der Waals surface area contributed by atoms with Gasteiger partial charge in [0.2, 0.25) is 0 Å². The summed E-state index contributed by atoms with van der Waals surface area (Å²) in [5.41, 5.74) is 2.19. The van der Waals surface area contributed by atoms with Gasteiger partial charge in [-0.3, -0.25) is 0 Å². The van der Waals surface area contributed by atoms with Crippen LogP contribution >= 0.6 is 11.6 Å².